The quantitative estimate of drug-likeness (QED) is 0.731. The van der Waals surface area contributed by atoms with Gasteiger partial charge in [-0.2, -0.15) is 0 Å². The van der Waals surface area contributed by atoms with Crippen molar-refractivity contribution >= 4 is 17.5 Å². The molecule has 0 aliphatic heterocycles. The van der Waals surface area contributed by atoms with Gasteiger partial charge in [0.25, 0.3) is 11.8 Å². The van der Waals surface area contributed by atoms with Crippen molar-refractivity contribution in [3.63, 3.8) is 0 Å². The van der Waals surface area contributed by atoms with Crippen LogP contribution in [0.15, 0.2) is 60.9 Å². The topological polar surface area (TPSA) is 84.0 Å². The van der Waals surface area contributed by atoms with Gasteiger partial charge >= 0.3 is 0 Å². The monoisotopic (exact) mass is 360 g/mol. The van der Waals surface area contributed by atoms with E-state index in [0.29, 0.717) is 12.1 Å². The molecule has 1 aromatic carbocycles. The number of amides is 2. The molecule has 0 bridgehead atoms. The summed E-state index contributed by atoms with van der Waals surface area (Å²) < 4.78 is 0. The third-order valence-corrected chi connectivity index (χ3v) is 4.26. The van der Waals surface area contributed by atoms with E-state index in [1.54, 1.807) is 12.3 Å². The number of aromatic nitrogens is 2. The molecule has 2 heterocycles. The minimum Gasteiger partial charge on any atom is -0.345 e. The Morgan fingerprint density at radius 1 is 0.926 bits per heavy atom. The number of carbonyl (C=O) groups excluding carboxylic acids is 2. The summed E-state index contributed by atoms with van der Waals surface area (Å²) in [5.74, 6) is -0.646. The Morgan fingerprint density at radius 2 is 1.78 bits per heavy atom. The van der Waals surface area contributed by atoms with Crippen molar-refractivity contribution < 1.29 is 9.59 Å². The molecule has 6 nitrogen and oxygen atoms in total. The number of aryl methyl sites for hydroxylation is 1. The molecule has 2 aromatic heterocycles. The highest BCUT2D eigenvalue weighted by Crippen LogP contribution is 2.19. The van der Waals surface area contributed by atoms with Crippen LogP contribution in [0.3, 0.4) is 0 Å². The van der Waals surface area contributed by atoms with Crippen LogP contribution in [0.4, 0.5) is 5.69 Å². The average Bonchev–Trinajstić information content (AvgIpc) is 2.70. The predicted octanol–water partition coefficient (Wildman–Crippen LogP) is 3.28. The van der Waals surface area contributed by atoms with E-state index in [2.05, 4.69) is 20.6 Å². The third-order valence-electron chi connectivity index (χ3n) is 4.26. The second-order valence-corrected chi connectivity index (χ2v) is 6.14. The van der Waals surface area contributed by atoms with Gasteiger partial charge in [-0.1, -0.05) is 18.2 Å². The standard InChI is InChI=1S/C21H20N4O2/c1-14-6-5-8-18(15(14)2)25-20(26)16-9-11-23-19(12-16)21(27)24-13-17-7-3-4-10-22-17/h3-12H,13H2,1-2H3,(H,24,27)(H,25,26). The molecule has 0 saturated carbocycles. The lowest BCUT2D eigenvalue weighted by Crippen LogP contribution is -2.25. The second kappa shape index (κ2) is 8.23. The zero-order chi connectivity index (χ0) is 19.2. The van der Waals surface area contributed by atoms with E-state index < -0.39 is 0 Å². The summed E-state index contributed by atoms with van der Waals surface area (Å²) in [5.41, 5.74) is 4.14. The lowest BCUT2D eigenvalue weighted by atomic mass is 10.1. The van der Waals surface area contributed by atoms with Crippen molar-refractivity contribution in [1.82, 2.24) is 15.3 Å². The number of hydrogen-bond donors (Lipinski definition) is 2. The molecular formula is C21H20N4O2. The van der Waals surface area contributed by atoms with Crippen LogP contribution in [0, 0.1) is 13.8 Å². The van der Waals surface area contributed by atoms with Crippen LogP contribution in [0.25, 0.3) is 0 Å². The fourth-order valence-electron chi connectivity index (χ4n) is 2.54. The van der Waals surface area contributed by atoms with Crippen molar-refractivity contribution in [2.24, 2.45) is 0 Å². The Labute approximate surface area is 157 Å². The van der Waals surface area contributed by atoms with Gasteiger partial charge in [-0.3, -0.25) is 19.6 Å². The number of nitrogens with zero attached hydrogens (tertiary/aromatic N) is 2. The van der Waals surface area contributed by atoms with Crippen LogP contribution in [-0.2, 0) is 6.54 Å². The number of carbonyl (C=O) groups is 2. The highest BCUT2D eigenvalue weighted by molar-refractivity contribution is 6.06. The molecular weight excluding hydrogens is 340 g/mol. The van der Waals surface area contributed by atoms with Crippen LogP contribution >= 0.6 is 0 Å². The number of benzene rings is 1. The van der Waals surface area contributed by atoms with Crippen molar-refractivity contribution in [1.29, 1.82) is 0 Å². The predicted molar refractivity (Wildman–Crippen MR) is 104 cm³/mol. The zero-order valence-corrected chi connectivity index (χ0v) is 15.2. The molecule has 0 atom stereocenters. The van der Waals surface area contributed by atoms with E-state index in [-0.39, 0.29) is 17.5 Å². The summed E-state index contributed by atoms with van der Waals surface area (Å²) in [6, 6.07) is 14.3. The summed E-state index contributed by atoms with van der Waals surface area (Å²) in [4.78, 5) is 33.1. The first kappa shape index (κ1) is 18.3. The first-order valence-corrected chi connectivity index (χ1v) is 8.56. The highest BCUT2D eigenvalue weighted by Gasteiger charge is 2.13. The normalized spacial score (nSPS) is 10.3. The Hall–Kier alpha value is -3.54. The highest BCUT2D eigenvalue weighted by atomic mass is 16.2. The van der Waals surface area contributed by atoms with Crippen LogP contribution in [0.5, 0.6) is 0 Å². The van der Waals surface area contributed by atoms with E-state index in [1.165, 1.54) is 12.3 Å². The van der Waals surface area contributed by atoms with Gasteiger partial charge in [-0.25, -0.2) is 0 Å². The van der Waals surface area contributed by atoms with Crippen LogP contribution in [0.2, 0.25) is 0 Å². The van der Waals surface area contributed by atoms with Gasteiger partial charge < -0.3 is 10.6 Å². The van der Waals surface area contributed by atoms with Crippen LogP contribution < -0.4 is 10.6 Å². The van der Waals surface area contributed by atoms with Crippen molar-refractivity contribution in [2.45, 2.75) is 20.4 Å². The summed E-state index contributed by atoms with van der Waals surface area (Å²) in [6.07, 6.45) is 3.12. The molecule has 2 amide bonds. The summed E-state index contributed by atoms with van der Waals surface area (Å²) >= 11 is 0. The molecule has 2 N–H and O–H groups in total. The number of rotatable bonds is 5. The third kappa shape index (κ3) is 4.55. The Balaban J connectivity index is 1.70. The fraction of sp³-hybridized carbons (Fsp3) is 0.143. The zero-order valence-electron chi connectivity index (χ0n) is 15.2. The molecule has 0 radical (unpaired) electrons. The molecule has 0 saturated heterocycles. The molecule has 0 aliphatic carbocycles. The first-order valence-electron chi connectivity index (χ1n) is 8.56. The number of hydrogen-bond acceptors (Lipinski definition) is 4. The summed E-state index contributed by atoms with van der Waals surface area (Å²) in [6.45, 7) is 4.23. The molecule has 0 spiro atoms. The molecule has 0 fully saturated rings. The van der Waals surface area contributed by atoms with Gasteiger partial charge in [-0.05, 0) is 55.3 Å². The summed E-state index contributed by atoms with van der Waals surface area (Å²) in [7, 11) is 0. The first-order chi connectivity index (χ1) is 13.0. The maximum absolute atomic E-state index is 12.6. The smallest absolute Gasteiger partial charge is 0.270 e. The SMILES string of the molecule is Cc1cccc(NC(=O)c2ccnc(C(=O)NCc3ccccn3)c2)c1C. The molecule has 136 valence electrons. The minimum absolute atomic E-state index is 0.180. The second-order valence-electron chi connectivity index (χ2n) is 6.14. The molecule has 0 unspecified atom stereocenters. The number of pyridine rings is 2. The lowest BCUT2D eigenvalue weighted by Gasteiger charge is -2.11. The van der Waals surface area contributed by atoms with E-state index in [4.69, 9.17) is 0 Å². The van der Waals surface area contributed by atoms with Gasteiger partial charge in [0.2, 0.25) is 0 Å². The lowest BCUT2D eigenvalue weighted by molar-refractivity contribution is 0.0945. The van der Waals surface area contributed by atoms with Gasteiger partial charge in [0.15, 0.2) is 0 Å². The van der Waals surface area contributed by atoms with Gasteiger partial charge in [0.05, 0.1) is 12.2 Å². The number of anilines is 1. The maximum Gasteiger partial charge on any atom is 0.270 e. The largest absolute Gasteiger partial charge is 0.345 e. The van der Waals surface area contributed by atoms with Gasteiger partial charge in [0.1, 0.15) is 5.69 Å². The van der Waals surface area contributed by atoms with E-state index in [0.717, 1.165) is 22.5 Å². The minimum atomic E-state index is -0.359. The van der Waals surface area contributed by atoms with E-state index in [1.807, 2.05) is 50.2 Å². The maximum atomic E-state index is 12.6. The number of nitrogens with one attached hydrogen (secondary N) is 2. The van der Waals surface area contributed by atoms with E-state index in [9.17, 15) is 9.59 Å². The van der Waals surface area contributed by atoms with E-state index >= 15 is 0 Å². The van der Waals surface area contributed by atoms with Crippen molar-refractivity contribution in [2.75, 3.05) is 5.32 Å². The van der Waals surface area contributed by atoms with Crippen molar-refractivity contribution in [3.05, 3.63) is 89.0 Å². The fourth-order valence-corrected chi connectivity index (χ4v) is 2.54. The molecule has 27 heavy (non-hydrogen) atoms. The van der Waals surface area contributed by atoms with Crippen LogP contribution in [-0.4, -0.2) is 21.8 Å². The molecule has 6 heteroatoms. The van der Waals surface area contributed by atoms with Gasteiger partial charge in [0, 0.05) is 23.6 Å². The molecule has 0 aliphatic rings. The Bertz CT molecular complexity index is 971. The van der Waals surface area contributed by atoms with Gasteiger partial charge in [-0.15, -0.1) is 0 Å². The molecule has 3 aromatic rings. The molecule has 3 rings (SSSR count). The Morgan fingerprint density at radius 3 is 2.56 bits per heavy atom. The van der Waals surface area contributed by atoms with Crippen LogP contribution in [0.1, 0.15) is 37.7 Å². The Kier molecular flexibility index (Phi) is 5.56. The average molecular weight is 360 g/mol. The van der Waals surface area contributed by atoms with Crippen molar-refractivity contribution in [3.8, 4) is 0 Å². The summed E-state index contributed by atoms with van der Waals surface area (Å²) in [5, 5.41) is 5.63.